The molecule has 2 aromatic heterocycles. The Bertz CT molecular complexity index is 2080. The third kappa shape index (κ3) is 20.1. The van der Waals surface area contributed by atoms with Crippen LogP contribution in [0.25, 0.3) is 22.8 Å². The van der Waals surface area contributed by atoms with Gasteiger partial charge in [0.15, 0.2) is 17.0 Å². The molecule has 2 heterocycles. The molecule has 19 nitrogen and oxygen atoms in total. The van der Waals surface area contributed by atoms with Gasteiger partial charge in [-0.25, -0.2) is 14.6 Å². The summed E-state index contributed by atoms with van der Waals surface area (Å²) in [6.07, 6.45) is 11.9. The van der Waals surface area contributed by atoms with Crippen LogP contribution in [0, 0.1) is 11.8 Å². The zero-order chi connectivity index (χ0) is 49.4. The molecule has 0 spiro atoms. The van der Waals surface area contributed by atoms with Crippen LogP contribution in [0.15, 0.2) is 39.9 Å². The molecule has 70 heavy (non-hydrogen) atoms. The number of hydrogen-bond donors (Lipinski definition) is 0. The lowest BCUT2D eigenvalue weighted by molar-refractivity contribution is -0.144. The summed E-state index contributed by atoms with van der Waals surface area (Å²) < 4.78 is 64.6. The summed E-state index contributed by atoms with van der Waals surface area (Å²) in [7, 11) is 1.64. The second kappa shape index (κ2) is 34.1. The lowest BCUT2D eigenvalue weighted by Crippen LogP contribution is -2.43. The van der Waals surface area contributed by atoms with E-state index in [0.29, 0.717) is 111 Å². The predicted molar refractivity (Wildman–Crippen MR) is 262 cm³/mol. The third-order valence-electron chi connectivity index (χ3n) is 12.1. The van der Waals surface area contributed by atoms with Crippen molar-refractivity contribution in [2.45, 2.75) is 90.8 Å². The molecule has 5 rings (SSSR count). The van der Waals surface area contributed by atoms with Crippen LogP contribution in [0.3, 0.4) is 0 Å². The van der Waals surface area contributed by atoms with E-state index in [-0.39, 0.29) is 67.4 Å². The zero-order valence-electron chi connectivity index (χ0n) is 41.7. The highest BCUT2D eigenvalue weighted by Crippen LogP contribution is 2.29. The van der Waals surface area contributed by atoms with Crippen molar-refractivity contribution in [1.29, 1.82) is 0 Å². The summed E-state index contributed by atoms with van der Waals surface area (Å²) >= 11 is 0. The lowest BCUT2D eigenvalue weighted by atomic mass is 9.89. The molecule has 2 aliphatic carbocycles. The highest BCUT2D eigenvalue weighted by Gasteiger charge is 2.30. The van der Waals surface area contributed by atoms with E-state index in [2.05, 4.69) is 0 Å². The molecule has 2 aliphatic rings. The van der Waals surface area contributed by atoms with E-state index < -0.39 is 29.7 Å². The number of rotatable bonds is 37. The van der Waals surface area contributed by atoms with Gasteiger partial charge in [-0.05, 0) is 56.1 Å². The molecule has 2 fully saturated rings. The second-order valence-corrected chi connectivity index (χ2v) is 17.3. The largest absolute Gasteiger partial charge is 0.465 e. The van der Waals surface area contributed by atoms with E-state index in [1.807, 2.05) is 30.3 Å². The van der Waals surface area contributed by atoms with Crippen LogP contribution in [0.5, 0.6) is 0 Å². The van der Waals surface area contributed by atoms with E-state index >= 15 is 0 Å². The van der Waals surface area contributed by atoms with Crippen LogP contribution in [0.2, 0.25) is 0 Å². The number of benzene rings is 1. The molecule has 0 bridgehead atoms. The minimum absolute atomic E-state index is 0.0134. The number of carbonyl (C=O) groups is 2. The fourth-order valence-corrected chi connectivity index (χ4v) is 8.55. The maximum atomic E-state index is 14.6. The molecule has 0 saturated heterocycles. The van der Waals surface area contributed by atoms with Crippen molar-refractivity contribution in [2.24, 2.45) is 11.8 Å². The van der Waals surface area contributed by atoms with Gasteiger partial charge in [0.25, 0.3) is 5.56 Å². The molecule has 392 valence electrons. The van der Waals surface area contributed by atoms with Crippen molar-refractivity contribution >= 4 is 34.8 Å². The monoisotopic (exact) mass is 987 g/mol. The van der Waals surface area contributed by atoms with E-state index in [1.165, 1.54) is 9.13 Å². The van der Waals surface area contributed by atoms with Crippen molar-refractivity contribution in [1.82, 2.24) is 18.7 Å². The predicted octanol–water partition coefficient (Wildman–Crippen LogP) is 4.95. The summed E-state index contributed by atoms with van der Waals surface area (Å²) in [5.41, 5.74) is -0.0495. The van der Waals surface area contributed by atoms with Crippen LogP contribution in [-0.4, -0.2) is 163 Å². The van der Waals surface area contributed by atoms with Crippen LogP contribution in [0.1, 0.15) is 82.5 Å². The Hall–Kier alpha value is -4.31. The highest BCUT2D eigenvalue weighted by molar-refractivity contribution is 6.21. The Labute approximate surface area is 411 Å². The number of esters is 2. The number of ether oxygens (including phenoxy) is 11. The van der Waals surface area contributed by atoms with Gasteiger partial charge in [-0.1, -0.05) is 68.9 Å². The van der Waals surface area contributed by atoms with Crippen molar-refractivity contribution in [3.63, 3.8) is 0 Å². The van der Waals surface area contributed by atoms with Crippen LogP contribution >= 0.6 is 0 Å². The number of hydrogen-bond acceptors (Lipinski definition) is 16. The number of fused-ring (bicyclic) bond motifs is 1. The minimum Gasteiger partial charge on any atom is -0.465 e. The van der Waals surface area contributed by atoms with E-state index in [0.717, 1.165) is 64.2 Å². The van der Waals surface area contributed by atoms with Gasteiger partial charge < -0.3 is 56.7 Å². The van der Waals surface area contributed by atoms with Crippen molar-refractivity contribution < 1.29 is 61.7 Å². The van der Waals surface area contributed by atoms with Crippen LogP contribution in [-0.2, 0) is 81.3 Å². The fraction of sp³-hybridized carbons (Fsp3) is 0.706. The lowest BCUT2D eigenvalue weighted by Gasteiger charge is -2.25. The van der Waals surface area contributed by atoms with E-state index in [1.54, 1.807) is 24.7 Å². The zero-order valence-corrected chi connectivity index (χ0v) is 41.7. The average Bonchev–Trinajstić information content (AvgIpc) is 3.74. The van der Waals surface area contributed by atoms with Crippen molar-refractivity contribution in [2.75, 3.05) is 133 Å². The Kier molecular flexibility index (Phi) is 27.6. The van der Waals surface area contributed by atoms with Crippen LogP contribution in [0.4, 0.5) is 0 Å². The first kappa shape index (κ1) is 56.6. The SMILES string of the molecule is CCOC(=O)Cn1c(/C(=C\c2ccccc2)C(=O)OCCOCCOCCOCCOCCOCCOCCOCCOCCOC)nc2c1c(=O)n(CC1CCCCC1)c(=O)n2CC1CCCCC1. The molecule has 0 aliphatic heterocycles. The van der Waals surface area contributed by atoms with Gasteiger partial charge in [0, 0.05) is 20.2 Å². The van der Waals surface area contributed by atoms with Crippen molar-refractivity contribution in [3.05, 3.63) is 62.6 Å². The molecule has 0 radical (unpaired) electrons. The molecule has 19 heteroatoms. The second-order valence-electron chi connectivity index (χ2n) is 17.3. The third-order valence-corrected chi connectivity index (χ3v) is 12.1. The van der Waals surface area contributed by atoms with Gasteiger partial charge in [0.1, 0.15) is 18.7 Å². The minimum atomic E-state index is -0.735. The fourth-order valence-electron chi connectivity index (χ4n) is 8.55. The number of methoxy groups -OCH3 is 1. The van der Waals surface area contributed by atoms with Crippen LogP contribution < -0.4 is 11.2 Å². The maximum absolute atomic E-state index is 14.6. The van der Waals surface area contributed by atoms with Gasteiger partial charge in [0.2, 0.25) is 0 Å². The number of aromatic nitrogens is 4. The molecular weight excluding hydrogens is 909 g/mol. The van der Waals surface area contributed by atoms with Gasteiger partial charge in [0.05, 0.1) is 119 Å². The summed E-state index contributed by atoms with van der Waals surface area (Å²) in [6, 6.07) is 9.18. The van der Waals surface area contributed by atoms with Gasteiger partial charge in [-0.15, -0.1) is 0 Å². The van der Waals surface area contributed by atoms with Gasteiger partial charge in [-0.2, -0.15) is 0 Å². The molecule has 0 N–H and O–H groups in total. The summed E-state index contributed by atoms with van der Waals surface area (Å²) in [6.45, 7) is 9.30. The topological polar surface area (TPSA) is 197 Å². The number of nitrogens with zero attached hydrogens (tertiary/aromatic N) is 4. The molecule has 0 unspecified atom stereocenters. The smallest absolute Gasteiger partial charge is 0.342 e. The number of carbonyl (C=O) groups excluding carboxylic acids is 2. The molecular formula is C51H78N4O15. The Morgan fingerprint density at radius 2 is 1.01 bits per heavy atom. The Balaban J connectivity index is 1.09. The summed E-state index contributed by atoms with van der Waals surface area (Å²) in [5.74, 6) is -0.914. The summed E-state index contributed by atoms with van der Waals surface area (Å²) in [4.78, 5) is 61.5. The quantitative estimate of drug-likeness (QED) is 0.0427. The van der Waals surface area contributed by atoms with E-state index in [9.17, 15) is 19.2 Å². The molecule has 0 amide bonds. The highest BCUT2D eigenvalue weighted by atomic mass is 16.6. The first-order valence-corrected chi connectivity index (χ1v) is 25.4. The molecule has 3 aromatic rings. The van der Waals surface area contributed by atoms with Gasteiger partial charge in [-0.3, -0.25) is 18.7 Å². The number of imidazole rings is 1. The standard InChI is InChI=1S/C51H78N4O15/c1-3-69-45(56)40-53-46-48(54(38-42-15-9-5-10-16-42)51(59)55(49(46)57)39-43-17-11-6-12-18-43)52-47(53)44(37-41-13-7-4-8-14-41)50(58)70-36-35-68-34-33-67-32-31-66-30-29-65-28-27-64-26-25-63-24-23-62-22-21-61-20-19-60-2/h4,7-8,13-14,37,42-43H,3,5-6,9-12,15-36,38-40H2,1-2H3/b44-37+. The van der Waals surface area contributed by atoms with E-state index in [4.69, 9.17) is 57.1 Å². The molecule has 2 saturated carbocycles. The Morgan fingerprint density at radius 3 is 1.47 bits per heavy atom. The van der Waals surface area contributed by atoms with Crippen molar-refractivity contribution in [3.8, 4) is 0 Å². The maximum Gasteiger partial charge on any atom is 0.342 e. The summed E-state index contributed by atoms with van der Waals surface area (Å²) in [5, 5.41) is 0. The van der Waals surface area contributed by atoms with Gasteiger partial charge >= 0.3 is 17.6 Å². The Morgan fingerprint density at radius 1 is 0.571 bits per heavy atom. The average molecular weight is 987 g/mol. The molecule has 1 aromatic carbocycles. The first-order chi connectivity index (χ1) is 34.4. The normalized spacial score (nSPS) is 15.0. The molecule has 0 atom stereocenters. The first-order valence-electron chi connectivity index (χ1n) is 25.4.